The smallest absolute Gasteiger partial charge is 0.338 e. The molecule has 1 aliphatic heterocycles. The molecule has 6 heteroatoms. The summed E-state index contributed by atoms with van der Waals surface area (Å²) in [5.41, 5.74) is 13.0. The van der Waals surface area contributed by atoms with Gasteiger partial charge in [0.1, 0.15) is 0 Å². The number of hydrogen-bond acceptors (Lipinski definition) is 5. The van der Waals surface area contributed by atoms with E-state index in [1.54, 1.807) is 24.0 Å². The molecule has 4 N–H and O–H groups in total. The molecule has 1 aromatic rings. The van der Waals surface area contributed by atoms with E-state index in [0.29, 0.717) is 43.1 Å². The Balaban J connectivity index is 2.22. The average molecular weight is 277 g/mol. The number of esters is 1. The fraction of sp³-hybridized carbons (Fsp3) is 0.429. The van der Waals surface area contributed by atoms with Gasteiger partial charge in [0.15, 0.2) is 0 Å². The van der Waals surface area contributed by atoms with E-state index in [2.05, 4.69) is 0 Å². The number of carbonyl (C=O) groups excluding carboxylic acids is 2. The Morgan fingerprint density at radius 3 is 2.80 bits per heavy atom. The Hall–Kier alpha value is -2.08. The minimum Gasteiger partial charge on any atom is -0.462 e. The number of carbonyl (C=O) groups is 2. The van der Waals surface area contributed by atoms with Crippen molar-refractivity contribution in [2.45, 2.75) is 13.3 Å². The highest BCUT2D eigenvalue weighted by molar-refractivity contribution is 6.00. The van der Waals surface area contributed by atoms with Gasteiger partial charge in [0.25, 0.3) is 0 Å². The van der Waals surface area contributed by atoms with E-state index in [1.807, 2.05) is 0 Å². The summed E-state index contributed by atoms with van der Waals surface area (Å²) in [6, 6.07) is 4.83. The molecule has 0 spiro atoms. The summed E-state index contributed by atoms with van der Waals surface area (Å²) >= 11 is 0. The van der Waals surface area contributed by atoms with Crippen molar-refractivity contribution in [1.82, 2.24) is 0 Å². The van der Waals surface area contributed by atoms with Crippen molar-refractivity contribution >= 4 is 23.3 Å². The summed E-state index contributed by atoms with van der Waals surface area (Å²) in [5.74, 6) is -0.249. The number of anilines is 2. The average Bonchev–Trinajstić information content (AvgIpc) is 2.80. The summed E-state index contributed by atoms with van der Waals surface area (Å²) in [7, 11) is 0. The van der Waals surface area contributed by atoms with Gasteiger partial charge in [-0.05, 0) is 37.6 Å². The second kappa shape index (κ2) is 5.92. The van der Waals surface area contributed by atoms with Gasteiger partial charge in [0, 0.05) is 13.0 Å². The first-order valence-electron chi connectivity index (χ1n) is 6.63. The number of hydrogen-bond donors (Lipinski definition) is 2. The molecule has 0 saturated carbocycles. The fourth-order valence-electron chi connectivity index (χ4n) is 2.31. The lowest BCUT2D eigenvalue weighted by Crippen LogP contribution is -2.26. The molecule has 1 heterocycles. The van der Waals surface area contributed by atoms with Gasteiger partial charge in [0.2, 0.25) is 5.91 Å². The molecule has 1 unspecified atom stereocenters. The van der Waals surface area contributed by atoms with Crippen molar-refractivity contribution in [2.24, 2.45) is 11.7 Å². The molecule has 1 aromatic carbocycles. The van der Waals surface area contributed by atoms with Crippen molar-refractivity contribution < 1.29 is 14.3 Å². The Morgan fingerprint density at radius 1 is 1.50 bits per heavy atom. The highest BCUT2D eigenvalue weighted by Crippen LogP contribution is 2.30. The molecule has 0 bridgehead atoms. The SMILES string of the molecule is CCOC(=O)c1ccc(N2CC(CN)CC2=O)c(N)c1. The largest absolute Gasteiger partial charge is 0.462 e. The predicted molar refractivity (Wildman–Crippen MR) is 76.3 cm³/mol. The third kappa shape index (κ3) is 2.75. The minimum atomic E-state index is -0.418. The van der Waals surface area contributed by atoms with E-state index in [1.165, 1.54) is 6.07 Å². The van der Waals surface area contributed by atoms with Gasteiger partial charge in [-0.25, -0.2) is 4.79 Å². The molecule has 0 aliphatic carbocycles. The zero-order valence-corrected chi connectivity index (χ0v) is 11.5. The van der Waals surface area contributed by atoms with Crippen LogP contribution in [0.2, 0.25) is 0 Å². The maximum Gasteiger partial charge on any atom is 0.338 e. The van der Waals surface area contributed by atoms with E-state index in [9.17, 15) is 9.59 Å². The van der Waals surface area contributed by atoms with Crippen LogP contribution < -0.4 is 16.4 Å². The van der Waals surface area contributed by atoms with Crippen LogP contribution in [0.15, 0.2) is 18.2 Å². The van der Waals surface area contributed by atoms with Crippen LogP contribution in [0.5, 0.6) is 0 Å². The number of nitrogens with zero attached hydrogens (tertiary/aromatic N) is 1. The van der Waals surface area contributed by atoms with Gasteiger partial charge in [-0.15, -0.1) is 0 Å². The van der Waals surface area contributed by atoms with Crippen LogP contribution in [-0.2, 0) is 9.53 Å². The highest BCUT2D eigenvalue weighted by Gasteiger charge is 2.30. The van der Waals surface area contributed by atoms with E-state index in [4.69, 9.17) is 16.2 Å². The first-order valence-corrected chi connectivity index (χ1v) is 6.63. The lowest BCUT2D eigenvalue weighted by atomic mass is 10.1. The predicted octanol–water partition coefficient (Wildman–Crippen LogP) is 0.757. The van der Waals surface area contributed by atoms with Gasteiger partial charge >= 0.3 is 5.97 Å². The molecule has 6 nitrogen and oxygen atoms in total. The van der Waals surface area contributed by atoms with Crippen molar-refractivity contribution in [2.75, 3.05) is 30.3 Å². The Morgan fingerprint density at radius 2 is 2.25 bits per heavy atom. The van der Waals surface area contributed by atoms with Crippen LogP contribution in [-0.4, -0.2) is 31.6 Å². The number of rotatable bonds is 4. The van der Waals surface area contributed by atoms with Crippen LogP contribution in [0, 0.1) is 5.92 Å². The molecule has 1 amide bonds. The molecule has 0 radical (unpaired) electrons. The molecule has 1 atom stereocenters. The number of nitrogen functional groups attached to an aromatic ring is 1. The summed E-state index contributed by atoms with van der Waals surface area (Å²) < 4.78 is 4.91. The molecule has 108 valence electrons. The van der Waals surface area contributed by atoms with Gasteiger partial charge in [-0.3, -0.25) is 4.79 Å². The molecular formula is C14H19N3O3. The van der Waals surface area contributed by atoms with E-state index >= 15 is 0 Å². The second-order valence-corrected chi connectivity index (χ2v) is 4.80. The lowest BCUT2D eigenvalue weighted by molar-refractivity contribution is -0.117. The normalized spacial score (nSPS) is 18.4. The zero-order chi connectivity index (χ0) is 14.7. The quantitative estimate of drug-likeness (QED) is 0.625. The Kier molecular flexibility index (Phi) is 4.24. The van der Waals surface area contributed by atoms with Crippen molar-refractivity contribution in [3.8, 4) is 0 Å². The molecule has 20 heavy (non-hydrogen) atoms. The third-order valence-corrected chi connectivity index (χ3v) is 3.37. The molecule has 1 saturated heterocycles. The number of benzene rings is 1. The first kappa shape index (κ1) is 14.3. The summed E-state index contributed by atoms with van der Waals surface area (Å²) in [5, 5.41) is 0. The number of ether oxygens (including phenoxy) is 1. The molecule has 2 rings (SSSR count). The van der Waals surface area contributed by atoms with Gasteiger partial charge < -0.3 is 21.1 Å². The van der Waals surface area contributed by atoms with Crippen LogP contribution in [0.25, 0.3) is 0 Å². The standard InChI is InChI=1S/C14H19N3O3/c1-2-20-14(19)10-3-4-12(11(16)6-10)17-8-9(7-15)5-13(17)18/h3-4,6,9H,2,5,7-8,15-16H2,1H3. The third-order valence-electron chi connectivity index (χ3n) is 3.37. The van der Waals surface area contributed by atoms with Crippen LogP contribution in [0.3, 0.4) is 0 Å². The highest BCUT2D eigenvalue weighted by atomic mass is 16.5. The van der Waals surface area contributed by atoms with E-state index in [-0.39, 0.29) is 11.8 Å². The second-order valence-electron chi connectivity index (χ2n) is 4.80. The maximum absolute atomic E-state index is 11.9. The van der Waals surface area contributed by atoms with Crippen LogP contribution in [0.4, 0.5) is 11.4 Å². The van der Waals surface area contributed by atoms with E-state index < -0.39 is 5.97 Å². The van der Waals surface area contributed by atoms with Crippen molar-refractivity contribution in [3.05, 3.63) is 23.8 Å². The maximum atomic E-state index is 11.9. The Bertz CT molecular complexity index is 530. The van der Waals surface area contributed by atoms with Gasteiger partial charge in [-0.1, -0.05) is 0 Å². The van der Waals surface area contributed by atoms with E-state index in [0.717, 1.165) is 0 Å². The summed E-state index contributed by atoms with van der Waals surface area (Å²) in [6.07, 6.45) is 0.440. The van der Waals surface area contributed by atoms with Gasteiger partial charge in [-0.2, -0.15) is 0 Å². The van der Waals surface area contributed by atoms with Crippen molar-refractivity contribution in [1.29, 1.82) is 0 Å². The topological polar surface area (TPSA) is 98.6 Å². The van der Waals surface area contributed by atoms with Crippen LogP contribution >= 0.6 is 0 Å². The number of nitrogens with two attached hydrogens (primary N) is 2. The Labute approximate surface area is 117 Å². The summed E-state index contributed by atoms with van der Waals surface area (Å²) in [4.78, 5) is 25.2. The molecule has 1 fully saturated rings. The zero-order valence-electron chi connectivity index (χ0n) is 11.5. The number of amides is 1. The molecule has 0 aromatic heterocycles. The fourth-order valence-corrected chi connectivity index (χ4v) is 2.31. The van der Waals surface area contributed by atoms with Gasteiger partial charge in [0.05, 0.1) is 23.5 Å². The molecule has 1 aliphatic rings. The minimum absolute atomic E-state index is 0.0102. The van der Waals surface area contributed by atoms with Crippen molar-refractivity contribution in [3.63, 3.8) is 0 Å². The molecular weight excluding hydrogens is 258 g/mol. The first-order chi connectivity index (χ1) is 9.56. The summed E-state index contributed by atoms with van der Waals surface area (Å²) in [6.45, 7) is 3.09. The monoisotopic (exact) mass is 277 g/mol. The van der Waals surface area contributed by atoms with Crippen LogP contribution in [0.1, 0.15) is 23.7 Å². The lowest BCUT2D eigenvalue weighted by Gasteiger charge is -2.19.